The average molecular weight is 703 g/mol. The van der Waals surface area contributed by atoms with Gasteiger partial charge in [-0.3, -0.25) is 4.79 Å². The van der Waals surface area contributed by atoms with Gasteiger partial charge in [0.2, 0.25) is 0 Å². The zero-order chi connectivity index (χ0) is 24.1. The minimum atomic E-state index is -0.452. The van der Waals surface area contributed by atoms with Gasteiger partial charge in [0, 0.05) is 21.3 Å². The summed E-state index contributed by atoms with van der Waals surface area (Å²) >= 11 is 16.5. The number of nitrogens with one attached hydrogen (secondary N) is 1. The van der Waals surface area contributed by atoms with Gasteiger partial charge < -0.3 is 10.1 Å². The molecule has 0 radical (unpaired) electrons. The van der Waals surface area contributed by atoms with E-state index in [0.717, 1.165) is 29.4 Å². The first-order chi connectivity index (χ1) is 15.7. The van der Waals surface area contributed by atoms with Gasteiger partial charge >= 0.3 is 0 Å². The first-order valence-corrected chi connectivity index (χ1v) is 12.7. The fourth-order valence-electron chi connectivity index (χ4n) is 3.05. The molecule has 0 heterocycles. The summed E-state index contributed by atoms with van der Waals surface area (Å²) in [7, 11) is 0. The third-order valence-corrected chi connectivity index (χ3v) is 6.90. The summed E-state index contributed by atoms with van der Waals surface area (Å²) < 4.78 is 7.70. The Kier molecular flexibility index (Phi) is 9.04. The smallest absolute Gasteiger partial charge is 0.266 e. The molecule has 3 rings (SSSR count). The highest BCUT2D eigenvalue weighted by Crippen LogP contribution is 2.31. The van der Waals surface area contributed by atoms with Crippen molar-refractivity contribution in [3.05, 3.63) is 93.5 Å². The van der Waals surface area contributed by atoms with E-state index in [2.05, 4.69) is 50.5 Å². The molecule has 0 unspecified atom stereocenters. The van der Waals surface area contributed by atoms with Gasteiger partial charge in [0.05, 0.1) is 7.14 Å². The van der Waals surface area contributed by atoms with E-state index in [4.69, 9.17) is 27.9 Å². The van der Waals surface area contributed by atoms with E-state index in [1.807, 2.05) is 56.3 Å². The maximum atomic E-state index is 12.7. The van der Waals surface area contributed by atoms with Crippen LogP contribution in [0.15, 0.2) is 54.1 Å². The third kappa shape index (κ3) is 6.85. The fraction of sp³-hybridized carbons (Fsp3) is 0.120. The van der Waals surface area contributed by atoms with E-state index in [1.165, 1.54) is 0 Å². The molecule has 0 saturated carbocycles. The molecule has 33 heavy (non-hydrogen) atoms. The topological polar surface area (TPSA) is 62.1 Å². The van der Waals surface area contributed by atoms with Gasteiger partial charge in [-0.25, -0.2) is 0 Å². The van der Waals surface area contributed by atoms with Crippen LogP contribution in [0.5, 0.6) is 5.75 Å². The van der Waals surface area contributed by atoms with E-state index in [1.54, 1.807) is 18.2 Å². The summed E-state index contributed by atoms with van der Waals surface area (Å²) in [5.41, 5.74) is 4.29. The maximum Gasteiger partial charge on any atom is 0.266 e. The van der Waals surface area contributed by atoms with Crippen LogP contribution in [0.3, 0.4) is 0 Å². The number of carbonyl (C=O) groups excluding carboxylic acids is 1. The number of nitrogens with zero attached hydrogens (tertiary/aromatic N) is 1. The number of nitriles is 1. The Labute approximate surface area is 230 Å². The summed E-state index contributed by atoms with van der Waals surface area (Å²) in [6.07, 6.45) is 1.57. The Balaban J connectivity index is 1.79. The molecular formula is C25H18Cl2I2N2O2. The Bertz CT molecular complexity index is 1280. The van der Waals surface area contributed by atoms with Crippen molar-refractivity contribution in [1.29, 1.82) is 5.26 Å². The van der Waals surface area contributed by atoms with Gasteiger partial charge in [0.1, 0.15) is 24.0 Å². The predicted molar refractivity (Wildman–Crippen MR) is 151 cm³/mol. The maximum absolute atomic E-state index is 12.7. The standard InChI is InChI=1S/C25H18Cl2I2N2O2/c1-14-3-6-23(15(2)7-14)31-25(32)18(12-30)8-16-9-21(28)24(22(29)10-16)33-13-17-4-5-19(26)11-20(17)27/h3-11H,13H2,1-2H3,(H,31,32)/b18-8+. The van der Waals surface area contributed by atoms with Gasteiger partial charge in [0.25, 0.3) is 5.91 Å². The minimum absolute atomic E-state index is 0.0168. The highest BCUT2D eigenvalue weighted by molar-refractivity contribution is 14.1. The van der Waals surface area contributed by atoms with E-state index in [-0.39, 0.29) is 5.57 Å². The molecule has 0 bridgehead atoms. The molecule has 0 aliphatic rings. The molecule has 0 aliphatic carbocycles. The number of carbonyl (C=O) groups is 1. The molecule has 1 amide bonds. The molecule has 0 atom stereocenters. The largest absolute Gasteiger partial charge is 0.487 e. The zero-order valence-electron chi connectivity index (χ0n) is 17.7. The molecule has 1 N–H and O–H groups in total. The van der Waals surface area contributed by atoms with Crippen molar-refractivity contribution < 1.29 is 9.53 Å². The van der Waals surface area contributed by atoms with Crippen molar-refractivity contribution in [2.24, 2.45) is 0 Å². The molecule has 4 nitrogen and oxygen atoms in total. The lowest BCUT2D eigenvalue weighted by atomic mass is 10.1. The van der Waals surface area contributed by atoms with E-state index in [0.29, 0.717) is 28.1 Å². The van der Waals surface area contributed by atoms with Gasteiger partial charge in [-0.05, 0) is 107 Å². The van der Waals surface area contributed by atoms with Gasteiger partial charge in [-0.15, -0.1) is 0 Å². The Morgan fingerprint density at radius 1 is 1.09 bits per heavy atom. The SMILES string of the molecule is Cc1ccc(NC(=O)/C(C#N)=C/c2cc(I)c(OCc3ccc(Cl)cc3Cl)c(I)c2)c(C)c1. The van der Waals surface area contributed by atoms with Gasteiger partial charge in [-0.1, -0.05) is 47.0 Å². The van der Waals surface area contributed by atoms with Crippen LogP contribution in [0.1, 0.15) is 22.3 Å². The predicted octanol–water partition coefficient (Wildman–Crippen LogP) is 7.94. The lowest BCUT2D eigenvalue weighted by Gasteiger charge is -2.13. The number of benzene rings is 3. The molecule has 3 aromatic carbocycles. The van der Waals surface area contributed by atoms with Crippen LogP contribution >= 0.6 is 68.4 Å². The second-order valence-corrected chi connectivity index (χ2v) is 10.4. The van der Waals surface area contributed by atoms with Crippen molar-refractivity contribution in [2.45, 2.75) is 20.5 Å². The number of aryl methyl sites for hydroxylation is 2. The van der Waals surface area contributed by atoms with Crippen LogP contribution in [0.2, 0.25) is 10.0 Å². The number of hydrogen-bond acceptors (Lipinski definition) is 3. The van der Waals surface area contributed by atoms with Crippen LogP contribution in [-0.2, 0) is 11.4 Å². The third-order valence-electron chi connectivity index (χ3n) is 4.71. The van der Waals surface area contributed by atoms with Crippen molar-refractivity contribution >= 4 is 86.1 Å². The molecule has 3 aromatic rings. The Morgan fingerprint density at radius 3 is 2.39 bits per heavy atom. The number of halogens is 4. The van der Waals surface area contributed by atoms with Gasteiger partial charge in [0.15, 0.2) is 0 Å². The number of hydrogen-bond donors (Lipinski definition) is 1. The van der Waals surface area contributed by atoms with Crippen molar-refractivity contribution in [1.82, 2.24) is 0 Å². The first kappa shape index (κ1) is 25.8. The Hall–Kier alpha value is -1.80. The van der Waals surface area contributed by atoms with E-state index < -0.39 is 5.91 Å². The molecule has 168 valence electrons. The molecule has 0 aromatic heterocycles. The van der Waals surface area contributed by atoms with E-state index >= 15 is 0 Å². The van der Waals surface area contributed by atoms with Crippen molar-refractivity contribution in [2.75, 3.05) is 5.32 Å². The summed E-state index contributed by atoms with van der Waals surface area (Å²) in [6.45, 7) is 4.19. The summed E-state index contributed by atoms with van der Waals surface area (Å²) in [5, 5.41) is 13.5. The van der Waals surface area contributed by atoms with Crippen LogP contribution in [0, 0.1) is 32.3 Å². The van der Waals surface area contributed by atoms with Crippen molar-refractivity contribution in [3.63, 3.8) is 0 Å². The lowest BCUT2D eigenvalue weighted by molar-refractivity contribution is -0.112. The van der Waals surface area contributed by atoms with Crippen LogP contribution < -0.4 is 10.1 Å². The number of anilines is 1. The van der Waals surface area contributed by atoms with Crippen molar-refractivity contribution in [3.8, 4) is 11.8 Å². The summed E-state index contributed by atoms with van der Waals surface area (Å²) in [6, 6.07) is 16.7. The van der Waals surface area contributed by atoms with Gasteiger partial charge in [-0.2, -0.15) is 5.26 Å². The number of rotatable bonds is 6. The monoisotopic (exact) mass is 702 g/mol. The molecule has 0 saturated heterocycles. The first-order valence-electron chi connectivity index (χ1n) is 9.74. The summed E-state index contributed by atoms with van der Waals surface area (Å²) in [4.78, 5) is 12.7. The Morgan fingerprint density at radius 2 is 1.79 bits per heavy atom. The summed E-state index contributed by atoms with van der Waals surface area (Å²) in [5.74, 6) is 0.254. The number of amides is 1. The number of ether oxygens (including phenoxy) is 1. The zero-order valence-corrected chi connectivity index (χ0v) is 23.5. The molecule has 0 aliphatic heterocycles. The quantitative estimate of drug-likeness (QED) is 0.161. The molecule has 0 fully saturated rings. The second-order valence-electron chi connectivity index (χ2n) is 7.28. The second kappa shape index (κ2) is 11.6. The van der Waals surface area contributed by atoms with Crippen LogP contribution in [0.25, 0.3) is 6.08 Å². The van der Waals surface area contributed by atoms with Crippen LogP contribution in [0.4, 0.5) is 5.69 Å². The minimum Gasteiger partial charge on any atom is -0.487 e. The fourth-order valence-corrected chi connectivity index (χ4v) is 5.64. The normalized spacial score (nSPS) is 11.1. The molecule has 8 heteroatoms. The lowest BCUT2D eigenvalue weighted by Crippen LogP contribution is -2.14. The van der Waals surface area contributed by atoms with E-state index in [9.17, 15) is 10.1 Å². The molecule has 0 spiro atoms. The molecular weight excluding hydrogens is 685 g/mol. The average Bonchev–Trinajstić information content (AvgIpc) is 2.74. The van der Waals surface area contributed by atoms with Crippen LogP contribution in [-0.4, -0.2) is 5.91 Å². The highest BCUT2D eigenvalue weighted by Gasteiger charge is 2.14. The highest BCUT2D eigenvalue weighted by atomic mass is 127.